The highest BCUT2D eigenvalue weighted by molar-refractivity contribution is 6.31. The zero-order valence-corrected chi connectivity index (χ0v) is 9.93. The van der Waals surface area contributed by atoms with Gasteiger partial charge in [0.05, 0.1) is 6.61 Å². The number of ether oxygens (including phenoxy) is 1. The van der Waals surface area contributed by atoms with E-state index >= 15 is 0 Å². The summed E-state index contributed by atoms with van der Waals surface area (Å²) in [5.74, 6) is -0.258. The minimum Gasteiger partial charge on any atom is -0.380 e. The van der Waals surface area contributed by atoms with Crippen molar-refractivity contribution in [1.29, 1.82) is 0 Å². The van der Waals surface area contributed by atoms with Gasteiger partial charge in [-0.3, -0.25) is 0 Å². The molecule has 1 fully saturated rings. The molecule has 1 saturated heterocycles. The third-order valence-corrected chi connectivity index (χ3v) is 3.18. The fourth-order valence-corrected chi connectivity index (χ4v) is 2.35. The van der Waals surface area contributed by atoms with Crippen LogP contribution in [0.4, 0.5) is 4.39 Å². The summed E-state index contributed by atoms with van der Waals surface area (Å²) >= 11 is 6.00. The Labute approximate surface area is 99.7 Å². The van der Waals surface area contributed by atoms with Gasteiger partial charge >= 0.3 is 0 Å². The Hall–Kier alpha value is -0.640. The fraction of sp³-hybridized carbons (Fsp3) is 0.500. The van der Waals surface area contributed by atoms with Crippen molar-refractivity contribution in [2.75, 3.05) is 13.2 Å². The zero-order valence-electron chi connectivity index (χ0n) is 9.17. The highest BCUT2D eigenvalue weighted by Gasteiger charge is 2.21. The normalized spacial score (nSPS) is 22.3. The van der Waals surface area contributed by atoms with Gasteiger partial charge in [0.1, 0.15) is 5.82 Å². The summed E-state index contributed by atoms with van der Waals surface area (Å²) in [6.07, 6.45) is 0.969. The second-order valence-corrected chi connectivity index (χ2v) is 4.49. The first-order valence-electron chi connectivity index (χ1n) is 5.46. The Morgan fingerprint density at radius 3 is 3.00 bits per heavy atom. The molecule has 0 bridgehead atoms. The maximum absolute atomic E-state index is 13.6. The van der Waals surface area contributed by atoms with E-state index in [-0.39, 0.29) is 11.9 Å². The predicted molar refractivity (Wildman–Crippen MR) is 62.2 cm³/mol. The molecule has 0 aromatic heterocycles. The minimum atomic E-state index is -0.258. The van der Waals surface area contributed by atoms with Gasteiger partial charge in [0.15, 0.2) is 0 Å². The molecular formula is C12H15ClFNO. The molecule has 2 unspecified atom stereocenters. The third kappa shape index (κ3) is 2.54. The fourth-order valence-electron chi connectivity index (χ4n) is 2.03. The molecule has 4 heteroatoms. The SMILES string of the molecule is CC(NC1CCOC1)c1c(F)cccc1Cl. The largest absolute Gasteiger partial charge is 0.380 e. The maximum Gasteiger partial charge on any atom is 0.129 e. The maximum atomic E-state index is 13.6. The Balaban J connectivity index is 2.10. The van der Waals surface area contributed by atoms with Crippen LogP contribution in [0.5, 0.6) is 0 Å². The Morgan fingerprint density at radius 1 is 1.56 bits per heavy atom. The topological polar surface area (TPSA) is 21.3 Å². The van der Waals surface area contributed by atoms with Gasteiger partial charge in [-0.25, -0.2) is 4.39 Å². The van der Waals surface area contributed by atoms with Crippen LogP contribution in [0.25, 0.3) is 0 Å². The van der Waals surface area contributed by atoms with Gasteiger partial charge in [-0.15, -0.1) is 0 Å². The summed E-state index contributed by atoms with van der Waals surface area (Å²) in [5.41, 5.74) is 0.538. The van der Waals surface area contributed by atoms with E-state index in [1.165, 1.54) is 6.07 Å². The van der Waals surface area contributed by atoms with Crippen molar-refractivity contribution in [3.8, 4) is 0 Å². The lowest BCUT2D eigenvalue weighted by atomic mass is 10.1. The Bertz CT molecular complexity index is 346. The lowest BCUT2D eigenvalue weighted by Gasteiger charge is -2.20. The molecule has 1 heterocycles. The van der Waals surface area contributed by atoms with Crippen molar-refractivity contribution >= 4 is 11.6 Å². The van der Waals surface area contributed by atoms with E-state index in [1.54, 1.807) is 12.1 Å². The molecule has 0 amide bonds. The van der Waals surface area contributed by atoms with Crippen LogP contribution < -0.4 is 5.32 Å². The van der Waals surface area contributed by atoms with Gasteiger partial charge < -0.3 is 10.1 Å². The quantitative estimate of drug-likeness (QED) is 0.882. The average molecular weight is 244 g/mol. The molecule has 0 radical (unpaired) electrons. The van der Waals surface area contributed by atoms with Crippen LogP contribution in [-0.4, -0.2) is 19.3 Å². The summed E-state index contributed by atoms with van der Waals surface area (Å²) in [7, 11) is 0. The molecule has 2 rings (SSSR count). The molecular weight excluding hydrogens is 229 g/mol. The summed E-state index contributed by atoms with van der Waals surface area (Å²) in [4.78, 5) is 0. The Morgan fingerprint density at radius 2 is 2.38 bits per heavy atom. The van der Waals surface area contributed by atoms with Gasteiger partial charge in [-0.05, 0) is 25.5 Å². The molecule has 2 nitrogen and oxygen atoms in total. The van der Waals surface area contributed by atoms with Crippen molar-refractivity contribution in [1.82, 2.24) is 5.32 Å². The molecule has 1 N–H and O–H groups in total. The summed E-state index contributed by atoms with van der Waals surface area (Å²) < 4.78 is 18.9. The van der Waals surface area contributed by atoms with Crippen LogP contribution in [-0.2, 0) is 4.74 Å². The minimum absolute atomic E-state index is 0.0969. The summed E-state index contributed by atoms with van der Waals surface area (Å²) in [6.45, 7) is 3.38. The predicted octanol–water partition coefficient (Wildman–Crippen LogP) is 2.92. The molecule has 0 aliphatic carbocycles. The van der Waals surface area contributed by atoms with E-state index in [4.69, 9.17) is 16.3 Å². The molecule has 16 heavy (non-hydrogen) atoms. The molecule has 1 aliphatic rings. The molecule has 1 aliphatic heterocycles. The molecule has 1 aromatic rings. The van der Waals surface area contributed by atoms with E-state index in [9.17, 15) is 4.39 Å². The smallest absolute Gasteiger partial charge is 0.129 e. The first-order chi connectivity index (χ1) is 7.68. The standard InChI is InChI=1S/C12H15ClFNO/c1-8(15-9-5-6-16-7-9)12-10(13)3-2-4-11(12)14/h2-4,8-9,15H,5-7H2,1H3. The van der Waals surface area contributed by atoms with Gasteiger partial charge in [-0.2, -0.15) is 0 Å². The molecule has 0 saturated carbocycles. The number of benzene rings is 1. The first-order valence-corrected chi connectivity index (χ1v) is 5.84. The van der Waals surface area contributed by atoms with Crippen molar-refractivity contribution < 1.29 is 9.13 Å². The van der Waals surface area contributed by atoms with Crippen LogP contribution in [0.15, 0.2) is 18.2 Å². The second-order valence-electron chi connectivity index (χ2n) is 4.08. The van der Waals surface area contributed by atoms with Crippen LogP contribution in [0.1, 0.15) is 24.9 Å². The van der Waals surface area contributed by atoms with E-state index in [0.29, 0.717) is 23.2 Å². The number of nitrogens with one attached hydrogen (secondary N) is 1. The van der Waals surface area contributed by atoms with Gasteiger partial charge in [-0.1, -0.05) is 17.7 Å². The molecule has 0 spiro atoms. The van der Waals surface area contributed by atoms with Crippen LogP contribution in [0.3, 0.4) is 0 Å². The van der Waals surface area contributed by atoms with Crippen molar-refractivity contribution in [3.05, 3.63) is 34.6 Å². The van der Waals surface area contributed by atoms with Crippen molar-refractivity contribution in [2.45, 2.75) is 25.4 Å². The number of halogens is 2. The van der Waals surface area contributed by atoms with E-state index < -0.39 is 0 Å². The van der Waals surface area contributed by atoms with Crippen molar-refractivity contribution in [2.24, 2.45) is 0 Å². The number of rotatable bonds is 3. The van der Waals surface area contributed by atoms with Gasteiger partial charge in [0.2, 0.25) is 0 Å². The summed E-state index contributed by atoms with van der Waals surface area (Å²) in [5, 5.41) is 3.80. The lowest BCUT2D eigenvalue weighted by molar-refractivity contribution is 0.188. The second kappa shape index (κ2) is 5.13. The van der Waals surface area contributed by atoms with Gasteiger partial charge in [0.25, 0.3) is 0 Å². The number of hydrogen-bond donors (Lipinski definition) is 1. The average Bonchev–Trinajstić information content (AvgIpc) is 2.70. The monoisotopic (exact) mass is 243 g/mol. The highest BCUT2D eigenvalue weighted by atomic mass is 35.5. The van der Waals surface area contributed by atoms with Gasteiger partial charge in [0, 0.05) is 29.3 Å². The number of hydrogen-bond acceptors (Lipinski definition) is 2. The van der Waals surface area contributed by atoms with E-state index in [2.05, 4.69) is 5.32 Å². The highest BCUT2D eigenvalue weighted by Crippen LogP contribution is 2.26. The molecule has 2 atom stereocenters. The molecule has 1 aromatic carbocycles. The van der Waals surface area contributed by atoms with Crippen LogP contribution in [0, 0.1) is 5.82 Å². The van der Waals surface area contributed by atoms with E-state index in [1.807, 2.05) is 6.92 Å². The third-order valence-electron chi connectivity index (χ3n) is 2.85. The zero-order chi connectivity index (χ0) is 11.5. The van der Waals surface area contributed by atoms with Crippen LogP contribution in [0.2, 0.25) is 5.02 Å². The van der Waals surface area contributed by atoms with Crippen LogP contribution >= 0.6 is 11.6 Å². The first kappa shape index (κ1) is 11.8. The Kier molecular flexibility index (Phi) is 3.79. The van der Waals surface area contributed by atoms with Crippen molar-refractivity contribution in [3.63, 3.8) is 0 Å². The summed E-state index contributed by atoms with van der Waals surface area (Å²) in [6, 6.07) is 4.96. The van der Waals surface area contributed by atoms with E-state index in [0.717, 1.165) is 13.0 Å². The molecule has 88 valence electrons. The lowest BCUT2D eigenvalue weighted by Crippen LogP contribution is -2.32.